The van der Waals surface area contributed by atoms with Crippen LogP contribution in [-0.4, -0.2) is 78.0 Å². The van der Waals surface area contributed by atoms with Crippen molar-refractivity contribution in [1.29, 1.82) is 0 Å². The van der Waals surface area contributed by atoms with E-state index in [1.165, 1.54) is 16.7 Å². The molecule has 1 heterocycles. The van der Waals surface area contributed by atoms with Crippen LogP contribution in [-0.2, 0) is 24.0 Å². The second-order valence-corrected chi connectivity index (χ2v) is 10.4. The first kappa shape index (κ1) is 28.3. The standard InChI is InChI=1S/C24H40N4O5S/c1-4-26-23(32)18-10-8-17(9-11-18)14-28-22(31)13-20(24(28)33)34-15-21(30)27-12-6-5-7-19(25-3)16(2)29/h17-20,25H,4-15H2,1-3H3,(H,26,32)(H,27,30). The summed E-state index contributed by atoms with van der Waals surface area (Å²) in [7, 11) is 1.76. The van der Waals surface area contributed by atoms with Crippen LogP contribution in [0.1, 0.15) is 65.2 Å². The predicted octanol–water partition coefficient (Wildman–Crippen LogP) is 1.25. The fraction of sp³-hybridized carbons (Fsp3) is 0.792. The molecule has 0 aromatic heterocycles. The maximum absolute atomic E-state index is 12.8. The van der Waals surface area contributed by atoms with Crippen LogP contribution >= 0.6 is 11.8 Å². The van der Waals surface area contributed by atoms with E-state index in [-0.39, 0.29) is 59.5 Å². The van der Waals surface area contributed by atoms with Crippen molar-refractivity contribution in [3.8, 4) is 0 Å². The van der Waals surface area contributed by atoms with Crippen molar-refractivity contribution in [3.63, 3.8) is 0 Å². The van der Waals surface area contributed by atoms with E-state index in [0.717, 1.165) is 44.9 Å². The molecule has 1 saturated heterocycles. The minimum atomic E-state index is -0.503. The molecule has 0 radical (unpaired) electrons. The lowest BCUT2D eigenvalue weighted by Gasteiger charge is -2.30. The van der Waals surface area contributed by atoms with Gasteiger partial charge < -0.3 is 16.0 Å². The minimum absolute atomic E-state index is 0.0295. The van der Waals surface area contributed by atoms with Crippen molar-refractivity contribution < 1.29 is 24.0 Å². The number of nitrogens with zero attached hydrogens (tertiary/aromatic N) is 1. The Balaban J connectivity index is 1.65. The molecule has 9 nitrogen and oxygen atoms in total. The zero-order valence-corrected chi connectivity index (χ0v) is 21.5. The molecule has 0 spiro atoms. The van der Waals surface area contributed by atoms with Crippen LogP contribution in [0.25, 0.3) is 0 Å². The maximum Gasteiger partial charge on any atom is 0.242 e. The molecule has 0 bridgehead atoms. The molecule has 34 heavy (non-hydrogen) atoms. The molecule has 2 fully saturated rings. The number of Topliss-reactive ketones (excluding diaryl/α,β-unsaturated/α-hetero) is 1. The average Bonchev–Trinajstić information content (AvgIpc) is 3.08. The summed E-state index contributed by atoms with van der Waals surface area (Å²) in [6, 6.07) is -0.143. The molecule has 1 aliphatic heterocycles. The van der Waals surface area contributed by atoms with Crippen molar-refractivity contribution >= 4 is 41.2 Å². The van der Waals surface area contributed by atoms with E-state index < -0.39 is 5.25 Å². The van der Waals surface area contributed by atoms with Gasteiger partial charge >= 0.3 is 0 Å². The van der Waals surface area contributed by atoms with Gasteiger partial charge in [-0.1, -0.05) is 0 Å². The van der Waals surface area contributed by atoms with Crippen molar-refractivity contribution in [2.24, 2.45) is 11.8 Å². The van der Waals surface area contributed by atoms with Crippen LogP contribution in [0, 0.1) is 11.8 Å². The number of unbranched alkanes of at least 4 members (excludes halogenated alkanes) is 1. The first-order chi connectivity index (χ1) is 16.3. The Morgan fingerprint density at radius 1 is 1.09 bits per heavy atom. The van der Waals surface area contributed by atoms with E-state index in [1.54, 1.807) is 14.0 Å². The molecule has 2 unspecified atom stereocenters. The Morgan fingerprint density at radius 2 is 1.79 bits per heavy atom. The highest BCUT2D eigenvalue weighted by Gasteiger charge is 2.40. The SMILES string of the molecule is CCNC(=O)C1CCC(CN2C(=O)CC(SCC(=O)NCCCCC(NC)C(C)=O)C2=O)CC1. The van der Waals surface area contributed by atoms with Crippen LogP contribution < -0.4 is 16.0 Å². The third kappa shape index (κ3) is 8.69. The molecule has 0 aromatic rings. The number of likely N-dealkylation sites (N-methyl/N-ethyl adjacent to an activating group) is 1. The molecule has 1 aliphatic carbocycles. The highest BCUT2D eigenvalue weighted by molar-refractivity contribution is 8.01. The Morgan fingerprint density at radius 3 is 2.41 bits per heavy atom. The molecule has 2 atom stereocenters. The molecule has 1 saturated carbocycles. The van der Waals surface area contributed by atoms with Gasteiger partial charge in [0.25, 0.3) is 0 Å². The molecule has 3 N–H and O–H groups in total. The van der Waals surface area contributed by atoms with Gasteiger partial charge in [-0.25, -0.2) is 0 Å². The topological polar surface area (TPSA) is 125 Å². The highest BCUT2D eigenvalue weighted by Crippen LogP contribution is 2.32. The van der Waals surface area contributed by atoms with Gasteiger partial charge in [0.05, 0.1) is 17.0 Å². The van der Waals surface area contributed by atoms with E-state index >= 15 is 0 Å². The summed E-state index contributed by atoms with van der Waals surface area (Å²) in [5, 5.41) is 8.19. The van der Waals surface area contributed by atoms with Gasteiger partial charge in [0.15, 0.2) is 0 Å². The number of amides is 4. The number of rotatable bonds is 14. The fourth-order valence-electron chi connectivity index (χ4n) is 4.64. The number of hydrogen-bond donors (Lipinski definition) is 3. The summed E-state index contributed by atoms with van der Waals surface area (Å²) in [6.45, 7) is 5.04. The number of nitrogens with one attached hydrogen (secondary N) is 3. The van der Waals surface area contributed by atoms with E-state index in [0.29, 0.717) is 19.6 Å². The lowest BCUT2D eigenvalue weighted by Crippen LogP contribution is -2.39. The minimum Gasteiger partial charge on any atom is -0.356 e. The van der Waals surface area contributed by atoms with Gasteiger partial charge in [-0.05, 0) is 71.8 Å². The van der Waals surface area contributed by atoms with Crippen molar-refractivity contribution in [3.05, 3.63) is 0 Å². The van der Waals surface area contributed by atoms with Crippen LogP contribution in [0.4, 0.5) is 0 Å². The zero-order chi connectivity index (χ0) is 25.1. The number of hydrogen-bond acceptors (Lipinski definition) is 7. The number of carbonyl (C=O) groups is 5. The number of imide groups is 1. The number of carbonyl (C=O) groups excluding carboxylic acids is 5. The van der Waals surface area contributed by atoms with Crippen LogP contribution in [0.15, 0.2) is 0 Å². The van der Waals surface area contributed by atoms with Crippen LogP contribution in [0.5, 0.6) is 0 Å². The van der Waals surface area contributed by atoms with Crippen LogP contribution in [0.2, 0.25) is 0 Å². The summed E-state index contributed by atoms with van der Waals surface area (Å²) in [6.07, 6.45) is 5.72. The highest BCUT2D eigenvalue weighted by atomic mass is 32.2. The molecule has 10 heteroatoms. The molecule has 4 amide bonds. The number of likely N-dealkylation sites (tertiary alicyclic amines) is 1. The predicted molar refractivity (Wildman–Crippen MR) is 132 cm³/mol. The monoisotopic (exact) mass is 496 g/mol. The van der Waals surface area contributed by atoms with Gasteiger partial charge in [-0.2, -0.15) is 0 Å². The van der Waals surface area contributed by atoms with Crippen molar-refractivity contribution in [2.45, 2.75) is 76.5 Å². The molecule has 2 rings (SSSR count). The van der Waals surface area contributed by atoms with Crippen molar-refractivity contribution in [1.82, 2.24) is 20.9 Å². The molecule has 2 aliphatic rings. The average molecular weight is 497 g/mol. The van der Waals surface area contributed by atoms with E-state index in [4.69, 9.17) is 0 Å². The first-order valence-electron chi connectivity index (χ1n) is 12.4. The lowest BCUT2D eigenvalue weighted by atomic mass is 9.81. The van der Waals surface area contributed by atoms with Gasteiger partial charge in [-0.15, -0.1) is 11.8 Å². The second kappa shape index (κ2) is 14.5. The van der Waals surface area contributed by atoms with E-state index in [1.807, 2.05) is 6.92 Å². The Labute approximate surface area is 206 Å². The quantitative estimate of drug-likeness (QED) is 0.244. The van der Waals surface area contributed by atoms with Gasteiger partial charge in [0, 0.05) is 32.0 Å². The Hall–Kier alpha value is -1.94. The second-order valence-electron chi connectivity index (χ2n) is 9.26. The van der Waals surface area contributed by atoms with E-state index in [2.05, 4.69) is 16.0 Å². The molecule has 0 aromatic carbocycles. The van der Waals surface area contributed by atoms with Gasteiger partial charge in [0.2, 0.25) is 23.6 Å². The van der Waals surface area contributed by atoms with Gasteiger partial charge in [0.1, 0.15) is 5.78 Å². The summed E-state index contributed by atoms with van der Waals surface area (Å²) in [5.74, 6) is 0.0976. The van der Waals surface area contributed by atoms with Crippen LogP contribution in [0.3, 0.4) is 0 Å². The number of thioether (sulfide) groups is 1. The third-order valence-corrected chi connectivity index (χ3v) is 7.91. The van der Waals surface area contributed by atoms with E-state index in [9.17, 15) is 24.0 Å². The largest absolute Gasteiger partial charge is 0.356 e. The Kier molecular flexibility index (Phi) is 12.0. The Bertz CT molecular complexity index is 739. The smallest absolute Gasteiger partial charge is 0.242 e. The normalized spacial score (nSPS) is 23.6. The summed E-state index contributed by atoms with van der Waals surface area (Å²) in [5.41, 5.74) is 0. The zero-order valence-electron chi connectivity index (χ0n) is 20.7. The molecular weight excluding hydrogens is 456 g/mol. The third-order valence-electron chi connectivity index (χ3n) is 6.71. The van der Waals surface area contributed by atoms with Crippen molar-refractivity contribution in [2.75, 3.05) is 32.4 Å². The fourth-order valence-corrected chi connectivity index (χ4v) is 5.62. The maximum atomic E-state index is 12.8. The summed E-state index contributed by atoms with van der Waals surface area (Å²) >= 11 is 1.22. The number of ketones is 1. The summed E-state index contributed by atoms with van der Waals surface area (Å²) in [4.78, 5) is 62.1. The molecular formula is C24H40N4O5S. The lowest BCUT2D eigenvalue weighted by molar-refractivity contribution is -0.139. The van der Waals surface area contributed by atoms with Gasteiger partial charge in [-0.3, -0.25) is 28.9 Å². The molecule has 192 valence electrons. The summed E-state index contributed by atoms with van der Waals surface area (Å²) < 4.78 is 0. The first-order valence-corrected chi connectivity index (χ1v) is 13.5.